The van der Waals surface area contributed by atoms with E-state index >= 15 is 0 Å². The van der Waals surface area contributed by atoms with E-state index in [2.05, 4.69) is 0 Å². The smallest absolute Gasteiger partial charge is 0.261 e. The topological polar surface area (TPSA) is 44.8 Å². The van der Waals surface area contributed by atoms with Gasteiger partial charge in [-0.2, -0.15) is 0 Å². The first kappa shape index (κ1) is 14.6. The Kier molecular flexibility index (Phi) is 4.48. The van der Waals surface area contributed by atoms with Crippen LogP contribution >= 0.6 is 7.37 Å². The largest absolute Gasteiger partial charge is 0.497 e. The summed E-state index contributed by atoms with van der Waals surface area (Å²) in [4.78, 5) is 0. The van der Waals surface area contributed by atoms with Gasteiger partial charge in [0.1, 0.15) is 11.5 Å². The van der Waals surface area contributed by atoms with Crippen LogP contribution in [0.3, 0.4) is 0 Å². The van der Waals surface area contributed by atoms with Gasteiger partial charge in [0.05, 0.1) is 14.2 Å². The van der Waals surface area contributed by atoms with Gasteiger partial charge in [0.15, 0.2) is 0 Å². The molecule has 1 atom stereocenters. The summed E-state index contributed by atoms with van der Waals surface area (Å²) in [6.07, 6.45) is 0. The van der Waals surface area contributed by atoms with Crippen LogP contribution in [0.4, 0.5) is 0 Å². The van der Waals surface area contributed by atoms with Gasteiger partial charge in [-0.25, -0.2) is 0 Å². The summed E-state index contributed by atoms with van der Waals surface area (Å²) in [7, 11) is 1.41. The molecule has 0 fully saturated rings. The second-order valence-corrected chi connectivity index (χ2v) is 6.64. The Morgan fingerprint density at radius 2 is 1.35 bits per heavy atom. The molecule has 2 aromatic carbocycles. The summed E-state index contributed by atoms with van der Waals surface area (Å²) in [6.45, 7) is 0. The highest BCUT2D eigenvalue weighted by atomic mass is 31.2. The number of hydrogen-bond donors (Lipinski definition) is 0. The van der Waals surface area contributed by atoms with Gasteiger partial charge in [-0.15, -0.1) is 0 Å². The molecule has 0 aliphatic carbocycles. The first-order valence-electron chi connectivity index (χ1n) is 6.09. The van der Waals surface area contributed by atoms with Crippen LogP contribution in [0, 0.1) is 0 Å². The Labute approximate surface area is 118 Å². The molecule has 0 saturated carbocycles. The molecule has 0 radical (unpaired) electrons. The zero-order valence-corrected chi connectivity index (χ0v) is 12.6. The predicted molar refractivity (Wildman–Crippen MR) is 79.9 cm³/mol. The van der Waals surface area contributed by atoms with Crippen molar-refractivity contribution in [2.75, 3.05) is 21.3 Å². The quantitative estimate of drug-likeness (QED) is 0.795. The van der Waals surface area contributed by atoms with E-state index in [1.807, 2.05) is 18.2 Å². The fourth-order valence-electron chi connectivity index (χ4n) is 1.95. The molecule has 106 valence electrons. The third-order valence-corrected chi connectivity index (χ3v) is 5.46. The normalized spacial score (nSPS) is 13.6. The lowest BCUT2D eigenvalue weighted by Crippen LogP contribution is -2.17. The lowest BCUT2D eigenvalue weighted by Gasteiger charge is -2.18. The van der Waals surface area contributed by atoms with Gasteiger partial charge < -0.3 is 14.0 Å². The average molecular weight is 292 g/mol. The van der Waals surface area contributed by atoms with Crippen molar-refractivity contribution < 1.29 is 18.6 Å². The van der Waals surface area contributed by atoms with Crippen molar-refractivity contribution in [3.05, 3.63) is 48.5 Å². The van der Waals surface area contributed by atoms with Gasteiger partial charge in [0, 0.05) is 23.8 Å². The molecule has 1 unspecified atom stereocenters. The Balaban J connectivity index is 2.60. The van der Waals surface area contributed by atoms with E-state index in [0.717, 1.165) is 0 Å². The van der Waals surface area contributed by atoms with Crippen LogP contribution in [0.25, 0.3) is 0 Å². The fraction of sp³-hybridized carbons (Fsp3) is 0.200. The van der Waals surface area contributed by atoms with Gasteiger partial charge in [-0.3, -0.25) is 4.57 Å². The maximum Gasteiger partial charge on any atom is 0.261 e. The molecule has 0 aromatic heterocycles. The van der Waals surface area contributed by atoms with Gasteiger partial charge in [0.2, 0.25) is 0 Å². The molecule has 2 aromatic rings. The first-order valence-corrected chi connectivity index (χ1v) is 7.71. The standard InChI is InChI=1S/C15H17O4P/c1-17-12-9-13(18-2)11-15(10-12)20(16,19-3)14-7-5-4-6-8-14/h4-11H,1-3H3. The van der Waals surface area contributed by atoms with Gasteiger partial charge >= 0.3 is 0 Å². The molecule has 0 amide bonds. The molecule has 0 heterocycles. The number of methoxy groups -OCH3 is 2. The first-order chi connectivity index (χ1) is 9.63. The van der Waals surface area contributed by atoms with E-state index in [-0.39, 0.29) is 0 Å². The number of hydrogen-bond acceptors (Lipinski definition) is 4. The molecule has 0 bridgehead atoms. The monoisotopic (exact) mass is 292 g/mol. The third-order valence-electron chi connectivity index (χ3n) is 3.03. The van der Waals surface area contributed by atoms with Crippen LogP contribution in [-0.2, 0) is 9.09 Å². The summed E-state index contributed by atoms with van der Waals surface area (Å²) < 4.78 is 29.0. The molecule has 0 N–H and O–H groups in total. The van der Waals surface area contributed by atoms with Crippen LogP contribution in [-0.4, -0.2) is 21.3 Å². The zero-order valence-electron chi connectivity index (χ0n) is 11.7. The molecule has 0 saturated heterocycles. The summed E-state index contributed by atoms with van der Waals surface area (Å²) in [5.41, 5.74) is 0. The van der Waals surface area contributed by atoms with Crippen molar-refractivity contribution in [1.82, 2.24) is 0 Å². The van der Waals surface area contributed by atoms with Crippen LogP contribution in [0.2, 0.25) is 0 Å². The van der Waals surface area contributed by atoms with Crippen LogP contribution in [0.1, 0.15) is 0 Å². The predicted octanol–water partition coefficient (Wildman–Crippen LogP) is 2.58. The van der Waals surface area contributed by atoms with Crippen molar-refractivity contribution in [2.45, 2.75) is 0 Å². The minimum atomic E-state index is -3.15. The Morgan fingerprint density at radius 3 is 1.80 bits per heavy atom. The van der Waals surface area contributed by atoms with Crippen LogP contribution in [0.15, 0.2) is 48.5 Å². The Bertz CT molecular complexity index is 603. The van der Waals surface area contributed by atoms with Crippen molar-refractivity contribution in [1.29, 1.82) is 0 Å². The van der Waals surface area contributed by atoms with Crippen molar-refractivity contribution in [3.63, 3.8) is 0 Å². The molecule has 20 heavy (non-hydrogen) atoms. The van der Waals surface area contributed by atoms with E-state index < -0.39 is 7.37 Å². The van der Waals surface area contributed by atoms with E-state index in [4.69, 9.17) is 14.0 Å². The summed E-state index contributed by atoms with van der Waals surface area (Å²) in [6, 6.07) is 14.3. The number of rotatable bonds is 5. The molecular weight excluding hydrogens is 275 g/mol. The summed E-state index contributed by atoms with van der Waals surface area (Å²) in [5, 5.41) is 1.18. The zero-order chi connectivity index (χ0) is 14.6. The lowest BCUT2D eigenvalue weighted by atomic mass is 10.3. The Morgan fingerprint density at radius 1 is 0.800 bits per heavy atom. The average Bonchev–Trinajstić information content (AvgIpc) is 2.54. The maximum atomic E-state index is 13.2. The molecule has 0 spiro atoms. The SMILES string of the molecule is COc1cc(OC)cc(P(=O)(OC)c2ccccc2)c1. The van der Waals surface area contributed by atoms with Crippen molar-refractivity contribution in [2.24, 2.45) is 0 Å². The van der Waals surface area contributed by atoms with E-state index in [1.165, 1.54) is 7.11 Å². The van der Waals surface area contributed by atoms with E-state index in [9.17, 15) is 4.57 Å². The van der Waals surface area contributed by atoms with Gasteiger partial charge in [-0.1, -0.05) is 18.2 Å². The molecule has 4 nitrogen and oxygen atoms in total. The fourth-order valence-corrected chi connectivity index (χ4v) is 3.83. The third kappa shape index (κ3) is 2.72. The molecule has 0 aliphatic rings. The highest BCUT2D eigenvalue weighted by Crippen LogP contribution is 2.45. The lowest BCUT2D eigenvalue weighted by molar-refractivity contribution is 0.393. The number of benzene rings is 2. The van der Waals surface area contributed by atoms with Crippen LogP contribution < -0.4 is 20.1 Å². The second kappa shape index (κ2) is 6.12. The highest BCUT2D eigenvalue weighted by Gasteiger charge is 2.28. The minimum Gasteiger partial charge on any atom is -0.497 e. The summed E-state index contributed by atoms with van der Waals surface area (Å²) in [5.74, 6) is 1.15. The molecule has 0 aliphatic heterocycles. The summed E-state index contributed by atoms with van der Waals surface area (Å²) >= 11 is 0. The van der Waals surface area contributed by atoms with Crippen molar-refractivity contribution >= 4 is 18.0 Å². The van der Waals surface area contributed by atoms with E-state index in [1.54, 1.807) is 44.6 Å². The Hall–Kier alpha value is -1.77. The molecular formula is C15H17O4P. The number of ether oxygens (including phenoxy) is 2. The maximum absolute atomic E-state index is 13.2. The van der Waals surface area contributed by atoms with Gasteiger partial charge in [0.25, 0.3) is 7.37 Å². The van der Waals surface area contributed by atoms with Gasteiger partial charge in [-0.05, 0) is 24.3 Å². The van der Waals surface area contributed by atoms with Crippen LogP contribution in [0.5, 0.6) is 11.5 Å². The minimum absolute atomic E-state index is 0.544. The van der Waals surface area contributed by atoms with E-state index in [0.29, 0.717) is 22.1 Å². The molecule has 5 heteroatoms. The molecule has 2 rings (SSSR count). The second-order valence-electron chi connectivity index (χ2n) is 4.14. The van der Waals surface area contributed by atoms with Crippen molar-refractivity contribution in [3.8, 4) is 11.5 Å². The highest BCUT2D eigenvalue weighted by molar-refractivity contribution is 7.74.